The van der Waals surface area contributed by atoms with Crippen molar-refractivity contribution in [3.63, 3.8) is 0 Å². The molecule has 0 bridgehead atoms. The monoisotopic (exact) mass is 284 g/mol. The fraction of sp³-hybridized carbons (Fsp3) is 0.455. The number of nitrogens with zero attached hydrogens (tertiary/aromatic N) is 3. The van der Waals surface area contributed by atoms with Gasteiger partial charge in [-0.05, 0) is 19.1 Å². The van der Waals surface area contributed by atoms with Crippen LogP contribution in [0.5, 0.6) is 0 Å². The zero-order valence-corrected chi connectivity index (χ0v) is 11.3. The minimum absolute atomic E-state index is 0.0702. The van der Waals surface area contributed by atoms with E-state index < -0.39 is 9.84 Å². The molecule has 1 aliphatic rings. The number of nitrogens with two attached hydrogens (primary N) is 1. The predicted octanol–water partition coefficient (Wildman–Crippen LogP) is -0.201. The summed E-state index contributed by atoms with van der Waals surface area (Å²) in [5, 5.41) is 11.5. The zero-order chi connectivity index (χ0) is 14.0. The highest BCUT2D eigenvalue weighted by Gasteiger charge is 2.28. The van der Waals surface area contributed by atoms with E-state index in [-0.39, 0.29) is 23.4 Å². The van der Waals surface area contributed by atoms with E-state index in [2.05, 4.69) is 10.1 Å². The summed E-state index contributed by atoms with van der Waals surface area (Å²) in [4.78, 5) is 5.98. The summed E-state index contributed by atoms with van der Waals surface area (Å²) >= 11 is 0. The molecule has 0 radical (unpaired) electrons. The van der Waals surface area contributed by atoms with E-state index in [0.717, 1.165) is 5.69 Å². The number of pyridine rings is 1. The first kappa shape index (κ1) is 13.6. The lowest BCUT2D eigenvalue weighted by molar-refractivity contribution is 0.318. The molecule has 19 heavy (non-hydrogen) atoms. The van der Waals surface area contributed by atoms with E-state index in [9.17, 15) is 8.42 Å². The van der Waals surface area contributed by atoms with Gasteiger partial charge in [-0.2, -0.15) is 0 Å². The van der Waals surface area contributed by atoms with Crippen LogP contribution < -0.4 is 10.6 Å². The van der Waals surface area contributed by atoms with Crippen molar-refractivity contribution in [3.05, 3.63) is 24.0 Å². The fourth-order valence-corrected chi connectivity index (χ4v) is 3.73. The molecule has 1 aromatic heterocycles. The van der Waals surface area contributed by atoms with Crippen LogP contribution in [-0.4, -0.2) is 48.5 Å². The van der Waals surface area contributed by atoms with Crippen LogP contribution in [0.4, 0.5) is 5.69 Å². The minimum atomic E-state index is -2.95. The first-order valence-electron chi connectivity index (χ1n) is 5.84. The second-order valence-electron chi connectivity index (χ2n) is 4.54. The lowest BCUT2D eigenvalue weighted by Crippen LogP contribution is -2.47. The Hall–Kier alpha value is -1.83. The van der Waals surface area contributed by atoms with Crippen LogP contribution in [0.1, 0.15) is 12.6 Å². The lowest BCUT2D eigenvalue weighted by Gasteiger charge is -2.35. The number of oxime groups is 1. The van der Waals surface area contributed by atoms with Crippen LogP contribution in [0.25, 0.3) is 0 Å². The number of rotatable bonds is 2. The average molecular weight is 284 g/mol. The van der Waals surface area contributed by atoms with Gasteiger partial charge in [0.25, 0.3) is 0 Å². The van der Waals surface area contributed by atoms with Gasteiger partial charge in [-0.25, -0.2) is 8.42 Å². The Kier molecular flexibility index (Phi) is 3.61. The van der Waals surface area contributed by atoms with Gasteiger partial charge >= 0.3 is 0 Å². The molecular formula is C11H16N4O3S. The predicted molar refractivity (Wildman–Crippen MR) is 72.2 cm³/mol. The van der Waals surface area contributed by atoms with E-state index >= 15 is 0 Å². The Morgan fingerprint density at radius 3 is 3.00 bits per heavy atom. The third-order valence-electron chi connectivity index (χ3n) is 3.12. The number of anilines is 1. The van der Waals surface area contributed by atoms with Crippen molar-refractivity contribution >= 4 is 21.4 Å². The van der Waals surface area contributed by atoms with Crippen LogP contribution in [0.3, 0.4) is 0 Å². The van der Waals surface area contributed by atoms with E-state index in [1.54, 1.807) is 18.3 Å². The molecule has 0 aromatic carbocycles. The zero-order valence-electron chi connectivity index (χ0n) is 10.5. The normalized spacial score (nSPS) is 23.3. The van der Waals surface area contributed by atoms with E-state index in [0.29, 0.717) is 12.2 Å². The lowest BCUT2D eigenvalue weighted by atomic mass is 10.2. The largest absolute Gasteiger partial charge is 0.409 e. The van der Waals surface area contributed by atoms with Crippen molar-refractivity contribution in [2.24, 2.45) is 10.9 Å². The van der Waals surface area contributed by atoms with Crippen molar-refractivity contribution in [2.45, 2.75) is 13.0 Å². The Balaban J connectivity index is 2.28. The molecule has 0 amide bonds. The van der Waals surface area contributed by atoms with Gasteiger partial charge in [0, 0.05) is 24.5 Å². The van der Waals surface area contributed by atoms with Gasteiger partial charge in [-0.3, -0.25) is 4.98 Å². The first-order valence-corrected chi connectivity index (χ1v) is 7.66. The van der Waals surface area contributed by atoms with Gasteiger partial charge in [-0.15, -0.1) is 0 Å². The highest BCUT2D eigenvalue weighted by Crippen LogP contribution is 2.21. The van der Waals surface area contributed by atoms with Crippen molar-refractivity contribution in [1.82, 2.24) is 4.98 Å². The van der Waals surface area contributed by atoms with Crippen molar-refractivity contribution < 1.29 is 13.6 Å². The van der Waals surface area contributed by atoms with E-state index in [4.69, 9.17) is 10.9 Å². The molecule has 1 aromatic rings. The second kappa shape index (κ2) is 5.04. The quantitative estimate of drug-likeness (QED) is 0.337. The molecule has 0 spiro atoms. The third-order valence-corrected chi connectivity index (χ3v) is 4.91. The van der Waals surface area contributed by atoms with Crippen LogP contribution in [0, 0.1) is 0 Å². The van der Waals surface area contributed by atoms with Gasteiger partial charge in [0.1, 0.15) is 5.69 Å². The summed E-state index contributed by atoms with van der Waals surface area (Å²) in [6.45, 7) is 2.30. The Morgan fingerprint density at radius 1 is 1.63 bits per heavy atom. The number of aromatic nitrogens is 1. The highest BCUT2D eigenvalue weighted by atomic mass is 32.2. The summed E-state index contributed by atoms with van der Waals surface area (Å²) < 4.78 is 23.1. The molecule has 1 saturated heterocycles. The SMILES string of the molecule is CC1CS(=O)(=O)CCN1c1ccnc(/C(N)=N/O)c1. The molecule has 0 aliphatic carbocycles. The van der Waals surface area contributed by atoms with Crippen LogP contribution in [0.2, 0.25) is 0 Å². The summed E-state index contributed by atoms with van der Waals surface area (Å²) in [7, 11) is -2.95. The topological polar surface area (TPSA) is 109 Å². The molecule has 1 aliphatic heterocycles. The molecule has 1 unspecified atom stereocenters. The summed E-state index contributed by atoms with van der Waals surface area (Å²) in [5.41, 5.74) is 6.67. The summed E-state index contributed by atoms with van der Waals surface area (Å²) in [6, 6.07) is 3.35. The Morgan fingerprint density at radius 2 is 2.37 bits per heavy atom. The fourth-order valence-electron chi connectivity index (χ4n) is 2.17. The molecule has 3 N–H and O–H groups in total. The summed E-state index contributed by atoms with van der Waals surface area (Å²) in [6.07, 6.45) is 1.55. The molecular weight excluding hydrogens is 268 g/mol. The molecule has 1 fully saturated rings. The van der Waals surface area contributed by atoms with Gasteiger partial charge in [0.15, 0.2) is 15.7 Å². The maximum atomic E-state index is 11.5. The van der Waals surface area contributed by atoms with Crippen molar-refractivity contribution in [1.29, 1.82) is 0 Å². The number of amidine groups is 1. The molecule has 104 valence electrons. The molecule has 2 rings (SSSR count). The Bertz CT molecular complexity index is 600. The molecule has 2 heterocycles. The van der Waals surface area contributed by atoms with Crippen LogP contribution in [-0.2, 0) is 9.84 Å². The number of hydrogen-bond acceptors (Lipinski definition) is 6. The smallest absolute Gasteiger partial charge is 0.188 e. The second-order valence-corrected chi connectivity index (χ2v) is 6.77. The molecule has 7 nitrogen and oxygen atoms in total. The number of hydrogen-bond donors (Lipinski definition) is 2. The summed E-state index contributed by atoms with van der Waals surface area (Å²) in [5.74, 6) is 0.200. The van der Waals surface area contributed by atoms with Gasteiger partial charge in [-0.1, -0.05) is 5.16 Å². The standard InChI is InChI=1S/C11H16N4O3S/c1-8-7-19(17,18)5-4-15(8)9-2-3-13-10(6-9)11(12)14-16/h2-3,6,8,16H,4-5,7H2,1H3,(H2,12,14). The van der Waals surface area contributed by atoms with Crippen LogP contribution >= 0.6 is 0 Å². The van der Waals surface area contributed by atoms with Gasteiger partial charge < -0.3 is 15.8 Å². The molecule has 1 atom stereocenters. The maximum absolute atomic E-state index is 11.5. The molecule has 8 heteroatoms. The van der Waals surface area contributed by atoms with Gasteiger partial charge in [0.05, 0.1) is 11.5 Å². The molecule has 0 saturated carbocycles. The minimum Gasteiger partial charge on any atom is -0.409 e. The maximum Gasteiger partial charge on any atom is 0.188 e. The van der Waals surface area contributed by atoms with Crippen molar-refractivity contribution in [3.8, 4) is 0 Å². The highest BCUT2D eigenvalue weighted by molar-refractivity contribution is 7.91. The van der Waals surface area contributed by atoms with E-state index in [1.807, 2.05) is 11.8 Å². The van der Waals surface area contributed by atoms with Crippen LogP contribution in [0.15, 0.2) is 23.5 Å². The van der Waals surface area contributed by atoms with Gasteiger partial charge in [0.2, 0.25) is 0 Å². The van der Waals surface area contributed by atoms with Crippen molar-refractivity contribution in [2.75, 3.05) is 23.0 Å². The number of sulfone groups is 1. The first-order chi connectivity index (χ1) is 8.93. The average Bonchev–Trinajstić information content (AvgIpc) is 2.37. The third kappa shape index (κ3) is 2.95. The van der Waals surface area contributed by atoms with E-state index in [1.165, 1.54) is 0 Å². The Labute approximate surface area is 111 Å².